The summed E-state index contributed by atoms with van der Waals surface area (Å²) in [7, 11) is 1.29. The molecular formula is C21H22F3N5O3. The van der Waals surface area contributed by atoms with Gasteiger partial charge in [-0.3, -0.25) is 9.59 Å². The Bertz CT molecular complexity index is 1030. The summed E-state index contributed by atoms with van der Waals surface area (Å²) in [5.41, 5.74) is -0.529. The first-order valence-electron chi connectivity index (χ1n) is 10.2. The number of ether oxygens (including phenoxy) is 1. The van der Waals surface area contributed by atoms with Gasteiger partial charge in [0.25, 0.3) is 5.91 Å². The average Bonchev–Trinajstić information content (AvgIpc) is 3.52. The highest BCUT2D eigenvalue weighted by Crippen LogP contribution is 2.36. The quantitative estimate of drug-likeness (QED) is 0.704. The normalized spacial score (nSPS) is 18.4. The van der Waals surface area contributed by atoms with Crippen molar-refractivity contribution in [2.75, 3.05) is 30.4 Å². The Kier molecular flexibility index (Phi) is 5.90. The summed E-state index contributed by atoms with van der Waals surface area (Å²) in [4.78, 5) is 34.4. The van der Waals surface area contributed by atoms with Gasteiger partial charge in [-0.1, -0.05) is 0 Å². The summed E-state index contributed by atoms with van der Waals surface area (Å²) < 4.78 is 43.9. The maximum absolute atomic E-state index is 12.9. The fraction of sp³-hybridized carbons (Fsp3) is 0.429. The summed E-state index contributed by atoms with van der Waals surface area (Å²) >= 11 is 0. The van der Waals surface area contributed by atoms with Gasteiger partial charge >= 0.3 is 6.18 Å². The number of nitrogens with zero attached hydrogens (tertiary/aromatic N) is 3. The standard InChI is InChI=1S/C21H22F3N5O3/c1-32-16-9-14(21(22,23)24)10-26-18(16)29-7-5-15(11-29)27-20(31)13-4-6-25-17(8-13)28-19(30)12-2-3-12/h4,6,8-10,12,15H,2-3,5,7,11H2,1H3,(H,27,31)(H,25,28,30)/t15-/m1/s1. The van der Waals surface area contributed by atoms with Gasteiger partial charge in [0, 0.05) is 43.0 Å². The van der Waals surface area contributed by atoms with E-state index in [4.69, 9.17) is 4.74 Å². The number of methoxy groups -OCH3 is 1. The van der Waals surface area contributed by atoms with Gasteiger partial charge in [-0.25, -0.2) is 9.97 Å². The van der Waals surface area contributed by atoms with Crippen LogP contribution in [-0.2, 0) is 11.0 Å². The van der Waals surface area contributed by atoms with E-state index >= 15 is 0 Å². The van der Waals surface area contributed by atoms with Crippen molar-refractivity contribution in [3.8, 4) is 5.75 Å². The third-order valence-electron chi connectivity index (χ3n) is 5.42. The van der Waals surface area contributed by atoms with Crippen LogP contribution in [0, 0.1) is 5.92 Å². The second kappa shape index (κ2) is 8.64. The number of carbonyl (C=O) groups is 2. The van der Waals surface area contributed by atoms with Crippen molar-refractivity contribution in [1.29, 1.82) is 0 Å². The van der Waals surface area contributed by atoms with Crippen LogP contribution < -0.4 is 20.3 Å². The molecule has 1 aliphatic carbocycles. The lowest BCUT2D eigenvalue weighted by Crippen LogP contribution is -2.37. The van der Waals surface area contributed by atoms with Crippen molar-refractivity contribution in [2.45, 2.75) is 31.5 Å². The molecule has 2 fully saturated rings. The van der Waals surface area contributed by atoms with Crippen LogP contribution in [0.2, 0.25) is 0 Å². The lowest BCUT2D eigenvalue weighted by atomic mass is 10.2. The Balaban J connectivity index is 1.39. The predicted octanol–water partition coefficient (Wildman–Crippen LogP) is 2.86. The molecule has 0 radical (unpaired) electrons. The summed E-state index contributed by atoms with van der Waals surface area (Å²) in [5, 5.41) is 5.62. The number of anilines is 2. The van der Waals surface area contributed by atoms with E-state index in [1.807, 2.05) is 0 Å². The summed E-state index contributed by atoms with van der Waals surface area (Å²) in [6.45, 7) is 0.871. The number of carbonyl (C=O) groups excluding carboxylic acids is 2. The number of rotatable bonds is 6. The number of hydrogen-bond acceptors (Lipinski definition) is 6. The zero-order chi connectivity index (χ0) is 22.9. The molecule has 11 heteroatoms. The molecule has 1 atom stereocenters. The number of hydrogen-bond donors (Lipinski definition) is 2. The van der Waals surface area contributed by atoms with E-state index in [0.29, 0.717) is 36.7 Å². The fourth-order valence-corrected chi connectivity index (χ4v) is 3.53. The van der Waals surface area contributed by atoms with Gasteiger partial charge in [-0.2, -0.15) is 13.2 Å². The second-order valence-electron chi connectivity index (χ2n) is 7.85. The van der Waals surface area contributed by atoms with Crippen molar-refractivity contribution in [3.63, 3.8) is 0 Å². The number of amides is 2. The Morgan fingerprint density at radius 1 is 1.19 bits per heavy atom. The molecule has 4 rings (SSSR count). The molecule has 0 unspecified atom stereocenters. The van der Waals surface area contributed by atoms with Crippen LogP contribution >= 0.6 is 0 Å². The zero-order valence-electron chi connectivity index (χ0n) is 17.3. The van der Waals surface area contributed by atoms with E-state index in [9.17, 15) is 22.8 Å². The van der Waals surface area contributed by atoms with Crippen LogP contribution in [0.25, 0.3) is 0 Å². The molecule has 1 aliphatic heterocycles. The predicted molar refractivity (Wildman–Crippen MR) is 109 cm³/mol. The largest absolute Gasteiger partial charge is 0.493 e. The van der Waals surface area contributed by atoms with Crippen molar-refractivity contribution in [2.24, 2.45) is 5.92 Å². The summed E-state index contributed by atoms with van der Waals surface area (Å²) in [5.74, 6) is 0.243. The van der Waals surface area contributed by atoms with Gasteiger partial charge in [0.2, 0.25) is 5.91 Å². The first-order chi connectivity index (χ1) is 15.2. The van der Waals surface area contributed by atoms with E-state index in [2.05, 4.69) is 20.6 Å². The lowest BCUT2D eigenvalue weighted by molar-refractivity contribution is -0.137. The minimum Gasteiger partial charge on any atom is -0.493 e. The first kappa shape index (κ1) is 21.8. The summed E-state index contributed by atoms with van der Waals surface area (Å²) in [6.07, 6.45) is 0.0366. The van der Waals surface area contributed by atoms with Crippen molar-refractivity contribution < 1.29 is 27.5 Å². The Morgan fingerprint density at radius 2 is 1.97 bits per heavy atom. The summed E-state index contributed by atoms with van der Waals surface area (Å²) in [6, 6.07) is 3.76. The Morgan fingerprint density at radius 3 is 2.66 bits per heavy atom. The van der Waals surface area contributed by atoms with Gasteiger partial charge in [0.15, 0.2) is 11.6 Å². The highest BCUT2D eigenvalue weighted by atomic mass is 19.4. The van der Waals surface area contributed by atoms with Gasteiger partial charge in [-0.15, -0.1) is 0 Å². The Labute approximate surface area is 182 Å². The topological polar surface area (TPSA) is 96.4 Å². The zero-order valence-corrected chi connectivity index (χ0v) is 17.3. The van der Waals surface area contributed by atoms with Crippen LogP contribution in [0.4, 0.5) is 24.8 Å². The van der Waals surface area contributed by atoms with E-state index in [1.165, 1.54) is 19.4 Å². The minimum atomic E-state index is -4.51. The van der Waals surface area contributed by atoms with E-state index in [1.54, 1.807) is 11.0 Å². The second-order valence-corrected chi connectivity index (χ2v) is 7.85. The van der Waals surface area contributed by atoms with Gasteiger partial charge in [0.1, 0.15) is 5.82 Å². The number of alkyl halides is 3. The van der Waals surface area contributed by atoms with Crippen molar-refractivity contribution in [3.05, 3.63) is 41.7 Å². The highest BCUT2D eigenvalue weighted by molar-refractivity contribution is 5.97. The molecule has 32 heavy (non-hydrogen) atoms. The molecule has 2 aromatic rings. The van der Waals surface area contributed by atoms with E-state index in [0.717, 1.165) is 25.1 Å². The molecule has 2 aliphatic rings. The van der Waals surface area contributed by atoms with Crippen LogP contribution in [0.5, 0.6) is 5.75 Å². The van der Waals surface area contributed by atoms with Crippen LogP contribution in [0.15, 0.2) is 30.6 Å². The third-order valence-corrected chi connectivity index (χ3v) is 5.42. The molecule has 1 saturated carbocycles. The first-order valence-corrected chi connectivity index (χ1v) is 10.2. The molecule has 0 bridgehead atoms. The van der Waals surface area contributed by atoms with Crippen LogP contribution in [-0.4, -0.2) is 48.0 Å². The molecule has 1 saturated heterocycles. The maximum atomic E-state index is 12.9. The number of nitrogens with one attached hydrogen (secondary N) is 2. The van der Waals surface area contributed by atoms with Gasteiger partial charge in [-0.05, 0) is 37.5 Å². The molecule has 0 aromatic carbocycles. The monoisotopic (exact) mass is 449 g/mol. The van der Waals surface area contributed by atoms with Crippen LogP contribution in [0.3, 0.4) is 0 Å². The molecule has 170 valence electrons. The van der Waals surface area contributed by atoms with E-state index < -0.39 is 11.7 Å². The molecule has 2 N–H and O–H groups in total. The maximum Gasteiger partial charge on any atom is 0.418 e. The molecule has 2 amide bonds. The Hall–Kier alpha value is -3.37. The van der Waals surface area contributed by atoms with E-state index in [-0.39, 0.29) is 29.5 Å². The molecule has 2 aromatic heterocycles. The van der Waals surface area contributed by atoms with Crippen molar-refractivity contribution in [1.82, 2.24) is 15.3 Å². The number of aromatic nitrogens is 2. The smallest absolute Gasteiger partial charge is 0.418 e. The highest BCUT2D eigenvalue weighted by Gasteiger charge is 2.34. The number of pyridine rings is 2. The van der Waals surface area contributed by atoms with Crippen LogP contribution in [0.1, 0.15) is 35.2 Å². The molecular weight excluding hydrogens is 427 g/mol. The van der Waals surface area contributed by atoms with Crippen molar-refractivity contribution >= 4 is 23.5 Å². The number of halogens is 3. The fourth-order valence-electron chi connectivity index (χ4n) is 3.53. The lowest BCUT2D eigenvalue weighted by Gasteiger charge is -2.21. The minimum absolute atomic E-state index is 0.0227. The van der Waals surface area contributed by atoms with Gasteiger partial charge < -0.3 is 20.3 Å². The molecule has 0 spiro atoms. The molecule has 8 nitrogen and oxygen atoms in total. The molecule has 3 heterocycles. The third kappa shape index (κ3) is 4.92. The average molecular weight is 449 g/mol. The SMILES string of the molecule is COc1cc(C(F)(F)F)cnc1N1CC[C@@H](NC(=O)c2ccnc(NC(=O)C3CC3)c2)C1. The van der Waals surface area contributed by atoms with Gasteiger partial charge in [0.05, 0.1) is 12.7 Å².